The van der Waals surface area contributed by atoms with Crippen molar-refractivity contribution in [1.82, 2.24) is 10.2 Å². The van der Waals surface area contributed by atoms with E-state index in [1.165, 1.54) is 25.7 Å². The van der Waals surface area contributed by atoms with Crippen LogP contribution in [-0.2, 0) is 4.74 Å². The van der Waals surface area contributed by atoms with Crippen LogP contribution in [0.4, 0.5) is 0 Å². The molecule has 2 atom stereocenters. The molecular formula is C12H26N2O. The van der Waals surface area contributed by atoms with Gasteiger partial charge in [0.1, 0.15) is 0 Å². The Balaban J connectivity index is 2.17. The lowest BCUT2D eigenvalue weighted by Gasteiger charge is -2.31. The van der Waals surface area contributed by atoms with Crippen molar-refractivity contribution in [1.29, 1.82) is 0 Å². The van der Waals surface area contributed by atoms with E-state index in [9.17, 15) is 0 Å². The number of nitrogens with zero attached hydrogens (tertiary/aromatic N) is 1. The van der Waals surface area contributed by atoms with E-state index in [2.05, 4.69) is 24.2 Å². The molecule has 15 heavy (non-hydrogen) atoms. The van der Waals surface area contributed by atoms with Gasteiger partial charge in [-0.2, -0.15) is 0 Å². The van der Waals surface area contributed by atoms with Gasteiger partial charge in [0.2, 0.25) is 0 Å². The maximum atomic E-state index is 5.75. The fourth-order valence-electron chi connectivity index (χ4n) is 2.03. The van der Waals surface area contributed by atoms with Crippen LogP contribution in [0, 0.1) is 0 Å². The summed E-state index contributed by atoms with van der Waals surface area (Å²) in [5.41, 5.74) is 0. The van der Waals surface area contributed by atoms with E-state index in [1.54, 1.807) is 0 Å². The summed E-state index contributed by atoms with van der Waals surface area (Å²) >= 11 is 0. The van der Waals surface area contributed by atoms with Crippen molar-refractivity contribution in [2.75, 3.05) is 33.8 Å². The Hall–Kier alpha value is -0.120. The summed E-state index contributed by atoms with van der Waals surface area (Å²) < 4.78 is 5.75. The molecule has 0 spiro atoms. The van der Waals surface area contributed by atoms with Gasteiger partial charge in [0.15, 0.2) is 0 Å². The first-order chi connectivity index (χ1) is 7.24. The van der Waals surface area contributed by atoms with Crippen molar-refractivity contribution in [3.8, 4) is 0 Å². The largest absolute Gasteiger partial charge is 0.377 e. The summed E-state index contributed by atoms with van der Waals surface area (Å²) in [4.78, 5) is 2.42. The van der Waals surface area contributed by atoms with Crippen molar-refractivity contribution >= 4 is 0 Å². The summed E-state index contributed by atoms with van der Waals surface area (Å²) in [6.45, 7) is 5.44. The van der Waals surface area contributed by atoms with Gasteiger partial charge in [-0.15, -0.1) is 0 Å². The van der Waals surface area contributed by atoms with Crippen LogP contribution in [0.5, 0.6) is 0 Å². The van der Waals surface area contributed by atoms with E-state index < -0.39 is 0 Å². The van der Waals surface area contributed by atoms with Gasteiger partial charge in [-0.05, 0) is 53.2 Å². The highest BCUT2D eigenvalue weighted by Gasteiger charge is 2.18. The van der Waals surface area contributed by atoms with Crippen molar-refractivity contribution in [3.63, 3.8) is 0 Å². The third kappa shape index (κ3) is 4.96. The van der Waals surface area contributed by atoms with Crippen LogP contribution in [0.15, 0.2) is 0 Å². The first-order valence-electron chi connectivity index (χ1n) is 6.20. The van der Waals surface area contributed by atoms with Gasteiger partial charge < -0.3 is 15.0 Å². The molecule has 0 amide bonds. The van der Waals surface area contributed by atoms with Crippen molar-refractivity contribution in [2.45, 2.75) is 44.8 Å². The van der Waals surface area contributed by atoms with Crippen LogP contribution in [0.2, 0.25) is 0 Å². The molecule has 90 valence electrons. The number of ether oxygens (including phenoxy) is 1. The minimum atomic E-state index is 0.473. The zero-order valence-electron chi connectivity index (χ0n) is 10.5. The van der Waals surface area contributed by atoms with Crippen LogP contribution >= 0.6 is 0 Å². The molecule has 1 N–H and O–H groups in total. The normalized spacial score (nSPS) is 24.4. The van der Waals surface area contributed by atoms with Gasteiger partial charge in [0, 0.05) is 19.2 Å². The van der Waals surface area contributed by atoms with E-state index >= 15 is 0 Å². The molecule has 1 rings (SSSR count). The number of hydrogen-bond acceptors (Lipinski definition) is 3. The van der Waals surface area contributed by atoms with Crippen LogP contribution < -0.4 is 5.32 Å². The first kappa shape index (κ1) is 12.9. The fourth-order valence-corrected chi connectivity index (χ4v) is 2.03. The lowest BCUT2D eigenvalue weighted by Crippen LogP contribution is -2.39. The zero-order chi connectivity index (χ0) is 11.1. The number of rotatable bonds is 6. The summed E-state index contributed by atoms with van der Waals surface area (Å²) in [7, 11) is 4.22. The predicted octanol–water partition coefficient (Wildman–Crippen LogP) is 1.49. The summed E-state index contributed by atoms with van der Waals surface area (Å²) in [5, 5.41) is 3.20. The molecule has 1 aliphatic rings. The second-order valence-corrected chi connectivity index (χ2v) is 4.67. The zero-order valence-corrected chi connectivity index (χ0v) is 10.5. The van der Waals surface area contributed by atoms with Gasteiger partial charge in [-0.3, -0.25) is 0 Å². The Morgan fingerprint density at radius 2 is 2.27 bits per heavy atom. The molecule has 1 aliphatic heterocycles. The Kier molecular flexibility index (Phi) is 6.22. The smallest absolute Gasteiger partial charge is 0.0702 e. The van der Waals surface area contributed by atoms with Crippen LogP contribution in [0.1, 0.15) is 32.6 Å². The van der Waals surface area contributed by atoms with Gasteiger partial charge in [-0.1, -0.05) is 0 Å². The molecule has 1 fully saturated rings. The minimum Gasteiger partial charge on any atom is -0.377 e. The molecule has 0 radical (unpaired) electrons. The molecule has 1 heterocycles. The van der Waals surface area contributed by atoms with Gasteiger partial charge >= 0.3 is 0 Å². The fraction of sp³-hybridized carbons (Fsp3) is 1.00. The van der Waals surface area contributed by atoms with Gasteiger partial charge in [0.05, 0.1) is 6.10 Å². The molecule has 3 nitrogen and oxygen atoms in total. The lowest BCUT2D eigenvalue weighted by molar-refractivity contribution is -0.00741. The van der Waals surface area contributed by atoms with Crippen LogP contribution in [0.25, 0.3) is 0 Å². The Morgan fingerprint density at radius 1 is 1.47 bits per heavy atom. The third-order valence-corrected chi connectivity index (χ3v) is 3.33. The van der Waals surface area contributed by atoms with E-state index in [-0.39, 0.29) is 0 Å². The van der Waals surface area contributed by atoms with Crippen molar-refractivity contribution < 1.29 is 4.74 Å². The van der Waals surface area contributed by atoms with Crippen molar-refractivity contribution in [2.24, 2.45) is 0 Å². The average molecular weight is 214 g/mol. The molecule has 0 bridgehead atoms. The molecule has 0 aromatic rings. The number of likely N-dealkylation sites (N-methyl/N-ethyl adjacent to an activating group) is 1. The van der Waals surface area contributed by atoms with Crippen LogP contribution in [-0.4, -0.2) is 50.8 Å². The second kappa shape index (κ2) is 7.20. The molecule has 0 aromatic carbocycles. The molecular weight excluding hydrogens is 188 g/mol. The van der Waals surface area contributed by atoms with Gasteiger partial charge in [-0.25, -0.2) is 0 Å². The molecule has 0 aromatic heterocycles. The quantitative estimate of drug-likeness (QED) is 0.725. The highest BCUT2D eigenvalue weighted by molar-refractivity contribution is 4.71. The molecule has 3 heteroatoms. The average Bonchev–Trinajstić information content (AvgIpc) is 2.27. The van der Waals surface area contributed by atoms with E-state index in [4.69, 9.17) is 4.74 Å². The predicted molar refractivity (Wildman–Crippen MR) is 64.2 cm³/mol. The second-order valence-electron chi connectivity index (χ2n) is 4.67. The summed E-state index contributed by atoms with van der Waals surface area (Å²) in [6.07, 6.45) is 5.50. The minimum absolute atomic E-state index is 0.473. The number of hydrogen-bond donors (Lipinski definition) is 1. The summed E-state index contributed by atoms with van der Waals surface area (Å²) in [6, 6.07) is 0.642. The lowest BCUT2D eigenvalue weighted by atomic mass is 10.1. The molecule has 1 saturated heterocycles. The summed E-state index contributed by atoms with van der Waals surface area (Å²) in [5.74, 6) is 0. The van der Waals surface area contributed by atoms with E-state index in [0.717, 1.165) is 19.7 Å². The SMILES string of the molecule is CNCCC(C)N(C)CC1CCCCO1. The first-order valence-corrected chi connectivity index (χ1v) is 6.20. The maximum Gasteiger partial charge on any atom is 0.0702 e. The Bertz CT molecular complexity index is 158. The van der Waals surface area contributed by atoms with E-state index in [0.29, 0.717) is 12.1 Å². The monoisotopic (exact) mass is 214 g/mol. The highest BCUT2D eigenvalue weighted by Crippen LogP contribution is 2.14. The van der Waals surface area contributed by atoms with Gasteiger partial charge in [0.25, 0.3) is 0 Å². The third-order valence-electron chi connectivity index (χ3n) is 3.33. The highest BCUT2D eigenvalue weighted by atomic mass is 16.5. The number of nitrogens with one attached hydrogen (secondary N) is 1. The standard InChI is InChI=1S/C12H26N2O/c1-11(7-8-13-2)14(3)10-12-6-4-5-9-15-12/h11-13H,4-10H2,1-3H3. The Morgan fingerprint density at radius 3 is 2.87 bits per heavy atom. The topological polar surface area (TPSA) is 24.5 Å². The van der Waals surface area contributed by atoms with E-state index in [1.807, 2.05) is 7.05 Å². The molecule has 0 saturated carbocycles. The Labute approximate surface area is 94.2 Å². The molecule has 2 unspecified atom stereocenters. The maximum absolute atomic E-state index is 5.75. The van der Waals surface area contributed by atoms with Crippen molar-refractivity contribution in [3.05, 3.63) is 0 Å². The van der Waals surface area contributed by atoms with Crippen LogP contribution in [0.3, 0.4) is 0 Å². The molecule has 0 aliphatic carbocycles.